The number of nitrogens with two attached hydrogens (primary N) is 1. The van der Waals surface area contributed by atoms with Crippen LogP contribution in [0.25, 0.3) is 10.9 Å². The monoisotopic (exact) mass is 273 g/mol. The summed E-state index contributed by atoms with van der Waals surface area (Å²) in [5.74, 6) is -0.0955. The fourth-order valence-corrected chi connectivity index (χ4v) is 2.79. The van der Waals surface area contributed by atoms with Gasteiger partial charge in [0.15, 0.2) is 0 Å². The molecule has 0 aliphatic carbocycles. The number of para-hydroxylation sites is 1. The molecule has 0 spiro atoms. The van der Waals surface area contributed by atoms with Crippen molar-refractivity contribution in [3.05, 3.63) is 36.0 Å². The summed E-state index contributed by atoms with van der Waals surface area (Å²) >= 11 is 0. The van der Waals surface area contributed by atoms with Gasteiger partial charge in [-0.3, -0.25) is 4.79 Å². The molecule has 0 unspecified atom stereocenters. The van der Waals surface area contributed by atoms with E-state index in [0.717, 1.165) is 16.5 Å². The van der Waals surface area contributed by atoms with Crippen LogP contribution in [0.5, 0.6) is 0 Å². The Bertz CT molecular complexity index is 639. The van der Waals surface area contributed by atoms with E-state index >= 15 is 0 Å². The average molecular weight is 273 g/mol. The maximum atomic E-state index is 12.2. The van der Waals surface area contributed by atoms with Gasteiger partial charge in [0.25, 0.3) is 0 Å². The summed E-state index contributed by atoms with van der Waals surface area (Å²) in [7, 11) is 0. The van der Waals surface area contributed by atoms with Crippen molar-refractivity contribution in [1.29, 1.82) is 0 Å². The third-order valence-electron chi connectivity index (χ3n) is 3.81. The number of likely N-dealkylation sites (tertiary alicyclic amines) is 1. The highest BCUT2D eigenvalue weighted by Gasteiger charge is 2.40. The summed E-state index contributed by atoms with van der Waals surface area (Å²) in [6.45, 7) is 2.46. The summed E-state index contributed by atoms with van der Waals surface area (Å²) in [4.78, 5) is 16.9. The summed E-state index contributed by atoms with van der Waals surface area (Å²) in [5.41, 5.74) is 7.36. The number of β-amino-alcohol motifs (C(OH)–C–C–N with tert-alkyl or cyclic N) is 1. The third kappa shape index (κ3) is 2.30. The van der Waals surface area contributed by atoms with E-state index in [9.17, 15) is 9.90 Å². The normalized spacial score (nSPS) is 18.9. The Hall–Kier alpha value is -1.85. The number of benzene rings is 1. The number of aliphatic hydroxyl groups is 1. The molecule has 2 heterocycles. The van der Waals surface area contributed by atoms with Crippen LogP contribution >= 0.6 is 0 Å². The van der Waals surface area contributed by atoms with Crippen molar-refractivity contribution >= 4 is 16.8 Å². The van der Waals surface area contributed by atoms with Crippen LogP contribution in [0, 0.1) is 0 Å². The minimum absolute atomic E-state index is 0.0955. The van der Waals surface area contributed by atoms with E-state index in [2.05, 4.69) is 4.98 Å². The van der Waals surface area contributed by atoms with Crippen LogP contribution in [0.1, 0.15) is 12.5 Å². The molecule has 1 amide bonds. The number of amides is 1. The maximum absolute atomic E-state index is 12.2. The molecular weight excluding hydrogens is 254 g/mol. The minimum atomic E-state index is -0.754. The van der Waals surface area contributed by atoms with Crippen molar-refractivity contribution < 1.29 is 9.90 Å². The van der Waals surface area contributed by atoms with Gasteiger partial charge in [0, 0.05) is 17.1 Å². The molecule has 1 atom stereocenters. The molecule has 0 saturated carbocycles. The molecule has 2 aromatic rings. The van der Waals surface area contributed by atoms with E-state index in [0.29, 0.717) is 19.5 Å². The first-order valence-electron chi connectivity index (χ1n) is 6.78. The van der Waals surface area contributed by atoms with Gasteiger partial charge >= 0.3 is 0 Å². The Morgan fingerprint density at radius 2 is 2.20 bits per heavy atom. The molecule has 106 valence electrons. The van der Waals surface area contributed by atoms with Crippen LogP contribution in [0.15, 0.2) is 30.5 Å². The lowest BCUT2D eigenvalue weighted by atomic mass is 9.95. The smallest absolute Gasteiger partial charge is 0.240 e. The topological polar surface area (TPSA) is 82.3 Å². The first kappa shape index (κ1) is 13.1. The van der Waals surface area contributed by atoms with Crippen LogP contribution in [-0.2, 0) is 11.2 Å². The van der Waals surface area contributed by atoms with Crippen molar-refractivity contribution in [2.45, 2.75) is 25.0 Å². The zero-order valence-electron chi connectivity index (χ0n) is 11.5. The quantitative estimate of drug-likeness (QED) is 0.767. The van der Waals surface area contributed by atoms with E-state index in [-0.39, 0.29) is 5.91 Å². The fraction of sp³-hybridized carbons (Fsp3) is 0.400. The van der Waals surface area contributed by atoms with E-state index in [1.165, 1.54) is 0 Å². The molecule has 4 N–H and O–H groups in total. The lowest BCUT2D eigenvalue weighted by Gasteiger charge is -2.45. The molecule has 1 saturated heterocycles. The average Bonchev–Trinajstić information content (AvgIpc) is 2.78. The highest BCUT2D eigenvalue weighted by atomic mass is 16.3. The first-order valence-corrected chi connectivity index (χ1v) is 6.78. The molecule has 0 radical (unpaired) electrons. The van der Waals surface area contributed by atoms with Gasteiger partial charge in [-0.2, -0.15) is 0 Å². The lowest BCUT2D eigenvalue weighted by molar-refractivity contribution is -0.153. The summed E-state index contributed by atoms with van der Waals surface area (Å²) < 4.78 is 0. The van der Waals surface area contributed by atoms with Crippen LogP contribution in [0.4, 0.5) is 0 Å². The number of H-pyrrole nitrogens is 1. The van der Waals surface area contributed by atoms with Crippen molar-refractivity contribution in [2.24, 2.45) is 5.73 Å². The van der Waals surface area contributed by atoms with E-state index in [1.807, 2.05) is 30.5 Å². The van der Waals surface area contributed by atoms with E-state index in [1.54, 1.807) is 11.8 Å². The Morgan fingerprint density at radius 1 is 1.50 bits per heavy atom. The minimum Gasteiger partial charge on any atom is -0.386 e. The number of aromatic nitrogens is 1. The van der Waals surface area contributed by atoms with Gasteiger partial charge in [-0.15, -0.1) is 0 Å². The number of nitrogens with zero attached hydrogens (tertiary/aromatic N) is 1. The SMILES string of the molecule is CC1(O)CN(C(=O)[C@H](N)Cc2c[nH]c3ccccc23)C1. The maximum Gasteiger partial charge on any atom is 0.240 e. The zero-order valence-corrected chi connectivity index (χ0v) is 11.5. The highest BCUT2D eigenvalue weighted by Crippen LogP contribution is 2.22. The predicted molar refractivity (Wildman–Crippen MR) is 77.2 cm³/mol. The van der Waals surface area contributed by atoms with Crippen molar-refractivity contribution in [3.8, 4) is 0 Å². The van der Waals surface area contributed by atoms with Gasteiger partial charge in [0.05, 0.1) is 24.7 Å². The first-order chi connectivity index (χ1) is 9.46. The number of fused-ring (bicyclic) bond motifs is 1. The largest absolute Gasteiger partial charge is 0.386 e. The molecule has 1 aliphatic heterocycles. The molecular formula is C15H19N3O2. The molecule has 1 aromatic heterocycles. The number of carbonyl (C=O) groups excluding carboxylic acids is 1. The fourth-order valence-electron chi connectivity index (χ4n) is 2.79. The van der Waals surface area contributed by atoms with Crippen molar-refractivity contribution in [1.82, 2.24) is 9.88 Å². The molecule has 1 aliphatic rings. The second kappa shape index (κ2) is 4.61. The van der Waals surface area contributed by atoms with Crippen molar-refractivity contribution in [3.63, 3.8) is 0 Å². The molecule has 3 rings (SSSR count). The molecule has 1 fully saturated rings. The molecule has 0 bridgehead atoms. The molecule has 5 heteroatoms. The second-order valence-corrected chi connectivity index (χ2v) is 5.86. The lowest BCUT2D eigenvalue weighted by Crippen LogP contribution is -2.64. The van der Waals surface area contributed by atoms with Crippen LogP contribution in [-0.4, -0.2) is 45.6 Å². The van der Waals surface area contributed by atoms with Crippen LogP contribution in [0.3, 0.4) is 0 Å². The zero-order chi connectivity index (χ0) is 14.3. The van der Waals surface area contributed by atoms with Gasteiger partial charge in [0.2, 0.25) is 5.91 Å². The summed E-state index contributed by atoms with van der Waals surface area (Å²) in [5, 5.41) is 10.8. The number of hydrogen-bond donors (Lipinski definition) is 3. The third-order valence-corrected chi connectivity index (χ3v) is 3.81. The van der Waals surface area contributed by atoms with Gasteiger partial charge in [-0.1, -0.05) is 18.2 Å². The second-order valence-electron chi connectivity index (χ2n) is 5.86. The summed E-state index contributed by atoms with van der Waals surface area (Å²) in [6, 6.07) is 7.39. The Kier molecular flexibility index (Phi) is 3.03. The Labute approximate surface area is 117 Å². The van der Waals surface area contributed by atoms with Gasteiger partial charge in [-0.05, 0) is 25.0 Å². The van der Waals surface area contributed by atoms with Crippen LogP contribution < -0.4 is 5.73 Å². The van der Waals surface area contributed by atoms with Crippen molar-refractivity contribution in [2.75, 3.05) is 13.1 Å². The Morgan fingerprint density at radius 3 is 2.90 bits per heavy atom. The van der Waals surface area contributed by atoms with E-state index in [4.69, 9.17) is 5.73 Å². The molecule has 1 aromatic carbocycles. The highest BCUT2D eigenvalue weighted by molar-refractivity contribution is 5.86. The number of hydrogen-bond acceptors (Lipinski definition) is 3. The summed E-state index contributed by atoms with van der Waals surface area (Å²) in [6.07, 6.45) is 2.41. The van der Waals surface area contributed by atoms with Gasteiger partial charge in [0.1, 0.15) is 0 Å². The number of aromatic amines is 1. The van der Waals surface area contributed by atoms with Gasteiger partial charge in [-0.25, -0.2) is 0 Å². The van der Waals surface area contributed by atoms with E-state index < -0.39 is 11.6 Å². The molecule has 5 nitrogen and oxygen atoms in total. The number of carbonyl (C=O) groups is 1. The van der Waals surface area contributed by atoms with Gasteiger partial charge < -0.3 is 20.7 Å². The van der Waals surface area contributed by atoms with Crippen LogP contribution in [0.2, 0.25) is 0 Å². The number of nitrogens with one attached hydrogen (secondary N) is 1. The Balaban J connectivity index is 1.70. The molecule has 20 heavy (non-hydrogen) atoms. The number of rotatable bonds is 3. The predicted octanol–water partition coefficient (Wildman–Crippen LogP) is 0.631. The standard InChI is InChI=1S/C15H19N3O2/c1-15(20)8-18(9-15)14(19)12(16)6-10-7-17-13-5-3-2-4-11(10)13/h2-5,7,12,17,20H,6,8-9,16H2,1H3/t12-/m1/s1.